The van der Waals surface area contributed by atoms with Gasteiger partial charge in [0.05, 0.1) is 0 Å². The van der Waals surface area contributed by atoms with Crippen LogP contribution in [-0.2, 0) is 4.79 Å². The van der Waals surface area contributed by atoms with Crippen molar-refractivity contribution in [2.75, 3.05) is 0 Å². The van der Waals surface area contributed by atoms with E-state index in [1.54, 1.807) is 0 Å². The normalized spacial score (nSPS) is 58.1. The van der Waals surface area contributed by atoms with Crippen LogP contribution in [0.15, 0.2) is 12.2 Å². The lowest BCUT2D eigenvalue weighted by atomic mass is 9.57. The highest BCUT2D eigenvalue weighted by Crippen LogP contribution is 2.73. The molecule has 0 aromatic carbocycles. The van der Waals surface area contributed by atoms with Gasteiger partial charge in [0.1, 0.15) is 5.78 Å². The van der Waals surface area contributed by atoms with Crippen molar-refractivity contribution in [3.05, 3.63) is 12.2 Å². The van der Waals surface area contributed by atoms with Gasteiger partial charge >= 0.3 is 0 Å². The van der Waals surface area contributed by atoms with Crippen molar-refractivity contribution >= 4 is 5.78 Å². The topological polar surface area (TPSA) is 17.1 Å². The molecule has 4 aliphatic rings. The smallest absolute Gasteiger partial charge is 0.136 e. The van der Waals surface area contributed by atoms with Gasteiger partial charge in [0, 0.05) is 12.3 Å². The highest BCUT2D eigenvalue weighted by Gasteiger charge is 2.67. The van der Waals surface area contributed by atoms with Crippen molar-refractivity contribution in [3.8, 4) is 0 Å². The Morgan fingerprint density at radius 1 is 1.43 bits per heavy atom. The molecule has 0 bridgehead atoms. The van der Waals surface area contributed by atoms with Crippen molar-refractivity contribution in [3.63, 3.8) is 0 Å². The molecule has 4 rings (SSSR count). The van der Waals surface area contributed by atoms with E-state index in [2.05, 4.69) is 12.2 Å². The first kappa shape index (κ1) is 7.67. The van der Waals surface area contributed by atoms with Crippen LogP contribution in [0.4, 0.5) is 0 Å². The molecule has 4 aliphatic carbocycles. The predicted molar refractivity (Wildman–Crippen MR) is 53.6 cm³/mol. The molecule has 0 N–H and O–H groups in total. The third-order valence-electron chi connectivity index (χ3n) is 5.29. The monoisotopic (exact) mass is 188 g/mol. The first-order valence-corrected chi connectivity index (χ1v) is 6.03. The summed E-state index contributed by atoms with van der Waals surface area (Å²) in [4.78, 5) is 11.9. The van der Waals surface area contributed by atoms with Crippen LogP contribution in [0.25, 0.3) is 0 Å². The largest absolute Gasteiger partial charge is 0.299 e. The second-order valence-electron chi connectivity index (χ2n) is 5.78. The Balaban J connectivity index is 1.74. The molecule has 1 nitrogen and oxygen atoms in total. The fourth-order valence-corrected chi connectivity index (χ4v) is 4.46. The lowest BCUT2D eigenvalue weighted by Crippen LogP contribution is -2.44. The zero-order valence-corrected chi connectivity index (χ0v) is 8.41. The Kier molecular flexibility index (Phi) is 1.18. The van der Waals surface area contributed by atoms with Crippen molar-refractivity contribution < 1.29 is 4.79 Å². The molecule has 3 fully saturated rings. The molecule has 0 aromatic rings. The van der Waals surface area contributed by atoms with Gasteiger partial charge in [-0.05, 0) is 48.9 Å². The Morgan fingerprint density at radius 2 is 2.36 bits per heavy atom. The third-order valence-corrected chi connectivity index (χ3v) is 5.29. The molecule has 74 valence electrons. The minimum absolute atomic E-state index is 0.438. The van der Waals surface area contributed by atoms with E-state index >= 15 is 0 Å². The van der Waals surface area contributed by atoms with E-state index in [0.29, 0.717) is 23.0 Å². The standard InChI is InChI=1S/C13H16O/c14-11-3-1-2-8-6-9-7-13(9)5-4-10(13)12(8)11/h4-5,8-10,12H,1-3,6-7H2. The van der Waals surface area contributed by atoms with Gasteiger partial charge in [0.25, 0.3) is 0 Å². The molecule has 0 saturated heterocycles. The summed E-state index contributed by atoms with van der Waals surface area (Å²) in [6.45, 7) is 0. The molecule has 0 amide bonds. The summed E-state index contributed by atoms with van der Waals surface area (Å²) >= 11 is 0. The molecule has 14 heavy (non-hydrogen) atoms. The fourth-order valence-electron chi connectivity index (χ4n) is 4.46. The molecule has 3 saturated carbocycles. The highest BCUT2D eigenvalue weighted by atomic mass is 16.1. The second-order valence-corrected chi connectivity index (χ2v) is 5.78. The van der Waals surface area contributed by atoms with Crippen LogP contribution in [-0.4, -0.2) is 5.78 Å². The molecule has 5 unspecified atom stereocenters. The van der Waals surface area contributed by atoms with E-state index in [1.807, 2.05) is 0 Å². The van der Waals surface area contributed by atoms with E-state index < -0.39 is 0 Å². The second kappa shape index (κ2) is 2.15. The molecule has 0 aliphatic heterocycles. The average Bonchev–Trinajstić information content (AvgIpc) is 2.85. The van der Waals surface area contributed by atoms with Crippen molar-refractivity contribution in [1.29, 1.82) is 0 Å². The lowest BCUT2D eigenvalue weighted by molar-refractivity contribution is -0.131. The number of fused-ring (bicyclic) bond motifs is 2. The molecule has 1 spiro atoms. The van der Waals surface area contributed by atoms with Gasteiger partial charge in [-0.15, -0.1) is 0 Å². The minimum atomic E-state index is 0.438. The van der Waals surface area contributed by atoms with E-state index in [-0.39, 0.29) is 0 Å². The average molecular weight is 188 g/mol. The number of allylic oxidation sites excluding steroid dienone is 2. The molecular formula is C13H16O. The van der Waals surface area contributed by atoms with Gasteiger partial charge < -0.3 is 0 Å². The van der Waals surface area contributed by atoms with E-state index in [4.69, 9.17) is 0 Å². The van der Waals surface area contributed by atoms with E-state index in [1.165, 1.54) is 19.3 Å². The Bertz CT molecular complexity index is 343. The number of carbonyl (C=O) groups excluding carboxylic acids is 1. The van der Waals surface area contributed by atoms with Crippen LogP contribution < -0.4 is 0 Å². The molecule has 1 heteroatoms. The van der Waals surface area contributed by atoms with Crippen molar-refractivity contribution in [2.24, 2.45) is 29.1 Å². The molecular weight excluding hydrogens is 172 g/mol. The summed E-state index contributed by atoms with van der Waals surface area (Å²) in [6, 6.07) is 0. The minimum Gasteiger partial charge on any atom is -0.299 e. The summed E-state index contributed by atoms with van der Waals surface area (Å²) in [7, 11) is 0. The number of hydrogen-bond donors (Lipinski definition) is 0. The number of ketones is 1. The van der Waals surface area contributed by atoms with Crippen molar-refractivity contribution in [1.82, 2.24) is 0 Å². The number of Topliss-reactive ketones (excluding diaryl/α,β-unsaturated/α-hetero) is 1. The van der Waals surface area contributed by atoms with E-state index in [9.17, 15) is 4.79 Å². The summed E-state index contributed by atoms with van der Waals surface area (Å²) in [6.07, 6.45) is 10.8. The zero-order valence-electron chi connectivity index (χ0n) is 8.41. The van der Waals surface area contributed by atoms with Gasteiger partial charge in [-0.25, -0.2) is 0 Å². The van der Waals surface area contributed by atoms with E-state index in [0.717, 1.165) is 24.7 Å². The van der Waals surface area contributed by atoms with Gasteiger partial charge in [-0.1, -0.05) is 12.2 Å². The first-order valence-electron chi connectivity index (χ1n) is 6.03. The van der Waals surface area contributed by atoms with Crippen LogP contribution in [0.1, 0.15) is 32.1 Å². The molecule has 0 heterocycles. The molecule has 0 radical (unpaired) electrons. The van der Waals surface area contributed by atoms with Crippen molar-refractivity contribution in [2.45, 2.75) is 32.1 Å². The van der Waals surface area contributed by atoms with Crippen LogP contribution in [0, 0.1) is 29.1 Å². The van der Waals surface area contributed by atoms with Crippen LogP contribution in [0.5, 0.6) is 0 Å². The molecule has 0 aromatic heterocycles. The summed E-state index contributed by atoms with van der Waals surface area (Å²) in [5, 5.41) is 0. The van der Waals surface area contributed by atoms with Gasteiger partial charge in [0.2, 0.25) is 0 Å². The number of hydrogen-bond acceptors (Lipinski definition) is 1. The summed E-state index contributed by atoms with van der Waals surface area (Å²) < 4.78 is 0. The predicted octanol–water partition coefficient (Wildman–Crippen LogP) is 2.57. The maximum Gasteiger partial charge on any atom is 0.136 e. The SMILES string of the molecule is O=C1CCCC2CC3CC34C=CC4C12. The highest BCUT2D eigenvalue weighted by molar-refractivity contribution is 5.83. The Labute approximate surface area is 84.6 Å². The van der Waals surface area contributed by atoms with Crippen LogP contribution in [0.3, 0.4) is 0 Å². The van der Waals surface area contributed by atoms with Gasteiger partial charge in [-0.2, -0.15) is 0 Å². The number of rotatable bonds is 0. The van der Waals surface area contributed by atoms with Crippen LogP contribution in [0.2, 0.25) is 0 Å². The maximum atomic E-state index is 11.9. The van der Waals surface area contributed by atoms with Gasteiger partial charge in [-0.3, -0.25) is 4.79 Å². The fraction of sp³-hybridized carbons (Fsp3) is 0.769. The number of carbonyl (C=O) groups is 1. The summed E-state index contributed by atoms with van der Waals surface area (Å²) in [5.41, 5.74) is 0.550. The third kappa shape index (κ3) is 0.687. The Hall–Kier alpha value is -0.590. The first-order chi connectivity index (χ1) is 6.81. The van der Waals surface area contributed by atoms with Crippen LogP contribution >= 0.6 is 0 Å². The quantitative estimate of drug-likeness (QED) is 0.534. The van der Waals surface area contributed by atoms with Gasteiger partial charge in [0.15, 0.2) is 0 Å². The lowest BCUT2D eigenvalue weighted by Gasteiger charge is -2.46. The zero-order chi connectivity index (χ0) is 9.34. The Morgan fingerprint density at radius 3 is 3.14 bits per heavy atom. The maximum absolute atomic E-state index is 11.9. The molecule has 5 atom stereocenters. The summed E-state index contributed by atoms with van der Waals surface area (Å²) in [5.74, 6) is 3.41.